The third kappa shape index (κ3) is 3.78. The molecule has 144 valence electrons. The summed E-state index contributed by atoms with van der Waals surface area (Å²) in [5.74, 6) is 0.216. The number of carbonyl (C=O) groups is 1. The van der Waals surface area contributed by atoms with Crippen LogP contribution in [-0.2, 0) is 0 Å². The number of aryl methyl sites for hydroxylation is 2. The van der Waals surface area contributed by atoms with Crippen LogP contribution in [-0.4, -0.2) is 21.0 Å². The van der Waals surface area contributed by atoms with Gasteiger partial charge in [-0.3, -0.25) is 14.8 Å². The van der Waals surface area contributed by atoms with Crippen molar-refractivity contribution in [3.05, 3.63) is 101 Å². The van der Waals surface area contributed by atoms with Crippen LogP contribution in [0.5, 0.6) is 0 Å². The van der Waals surface area contributed by atoms with Gasteiger partial charge < -0.3 is 9.84 Å². The van der Waals surface area contributed by atoms with Crippen LogP contribution in [0.4, 0.5) is 0 Å². The number of aromatic nitrogens is 3. The van der Waals surface area contributed by atoms with Crippen LogP contribution in [0, 0.1) is 13.8 Å². The zero-order valence-corrected chi connectivity index (χ0v) is 16.2. The van der Waals surface area contributed by atoms with E-state index in [1.807, 2.05) is 43.3 Å². The Morgan fingerprint density at radius 3 is 2.28 bits per heavy atom. The Morgan fingerprint density at radius 2 is 1.59 bits per heavy atom. The number of hydrogen-bond donors (Lipinski definition) is 1. The molecule has 0 aliphatic rings. The molecule has 0 saturated heterocycles. The normalized spacial score (nSPS) is 11.8. The minimum atomic E-state index is -0.328. The Kier molecular flexibility index (Phi) is 5.16. The van der Waals surface area contributed by atoms with Crippen LogP contribution >= 0.6 is 0 Å². The van der Waals surface area contributed by atoms with E-state index in [0.29, 0.717) is 17.0 Å². The standard InChI is InChI=1S/C23H20N4O2/c1-15-5-3-4-6-19(15)21(17-7-11-24-12-8-17)26-23(28)20-16(2)29-27-22(20)18-9-13-25-14-10-18/h3-14,21H,1-2H3,(H,26,28)/t21-/m1/s1. The fourth-order valence-corrected chi connectivity index (χ4v) is 3.36. The van der Waals surface area contributed by atoms with Gasteiger partial charge in [0.05, 0.1) is 6.04 Å². The van der Waals surface area contributed by atoms with Crippen LogP contribution in [0.2, 0.25) is 0 Å². The van der Waals surface area contributed by atoms with Gasteiger partial charge in [0.1, 0.15) is 17.0 Å². The number of benzene rings is 1. The van der Waals surface area contributed by atoms with E-state index in [9.17, 15) is 4.79 Å². The number of hydrogen-bond acceptors (Lipinski definition) is 5. The maximum absolute atomic E-state index is 13.3. The van der Waals surface area contributed by atoms with E-state index in [0.717, 1.165) is 22.3 Å². The second-order valence-electron chi connectivity index (χ2n) is 6.74. The molecule has 1 atom stereocenters. The Labute approximate surface area is 168 Å². The van der Waals surface area contributed by atoms with Gasteiger partial charge in [-0.1, -0.05) is 29.4 Å². The van der Waals surface area contributed by atoms with E-state index < -0.39 is 0 Å². The zero-order chi connectivity index (χ0) is 20.2. The summed E-state index contributed by atoms with van der Waals surface area (Å²) in [6, 6.07) is 15.1. The molecule has 0 bridgehead atoms. The molecule has 3 aromatic heterocycles. The Balaban J connectivity index is 1.74. The lowest BCUT2D eigenvalue weighted by Crippen LogP contribution is -2.30. The van der Waals surface area contributed by atoms with E-state index in [2.05, 4.69) is 20.4 Å². The van der Waals surface area contributed by atoms with Gasteiger partial charge in [-0.05, 0) is 54.8 Å². The lowest BCUT2D eigenvalue weighted by molar-refractivity contribution is 0.0942. The third-order valence-electron chi connectivity index (χ3n) is 4.86. The second-order valence-corrected chi connectivity index (χ2v) is 6.74. The molecule has 4 rings (SSSR count). The van der Waals surface area contributed by atoms with Crippen LogP contribution in [0.1, 0.15) is 38.9 Å². The highest BCUT2D eigenvalue weighted by molar-refractivity contribution is 6.01. The molecule has 0 unspecified atom stereocenters. The molecule has 1 aromatic carbocycles. The molecule has 0 fully saturated rings. The Hall–Kier alpha value is -3.80. The molecule has 3 heterocycles. The van der Waals surface area contributed by atoms with Crippen molar-refractivity contribution in [1.82, 2.24) is 20.4 Å². The average Bonchev–Trinajstić information content (AvgIpc) is 3.15. The highest BCUT2D eigenvalue weighted by Crippen LogP contribution is 2.28. The predicted molar refractivity (Wildman–Crippen MR) is 109 cm³/mol. The van der Waals surface area contributed by atoms with Crippen LogP contribution in [0.15, 0.2) is 77.8 Å². The SMILES string of the molecule is Cc1ccccc1[C@H](NC(=O)c1c(-c2ccncc2)noc1C)c1ccncc1. The fourth-order valence-electron chi connectivity index (χ4n) is 3.36. The number of carbonyl (C=O) groups excluding carboxylic acids is 1. The van der Waals surface area contributed by atoms with Crippen molar-refractivity contribution < 1.29 is 9.32 Å². The Bertz CT molecular complexity index is 1120. The first-order chi connectivity index (χ1) is 14.1. The van der Waals surface area contributed by atoms with Gasteiger partial charge in [0.25, 0.3) is 5.91 Å². The van der Waals surface area contributed by atoms with Gasteiger partial charge in [0.15, 0.2) is 0 Å². The van der Waals surface area contributed by atoms with Crippen molar-refractivity contribution >= 4 is 5.91 Å². The number of rotatable bonds is 5. The number of amides is 1. The van der Waals surface area contributed by atoms with E-state index in [4.69, 9.17) is 4.52 Å². The summed E-state index contributed by atoms with van der Waals surface area (Å²) in [5, 5.41) is 7.27. The Morgan fingerprint density at radius 1 is 0.931 bits per heavy atom. The van der Waals surface area contributed by atoms with Gasteiger partial charge in [-0.15, -0.1) is 0 Å². The first kappa shape index (κ1) is 18.6. The van der Waals surface area contributed by atoms with Crippen molar-refractivity contribution in [3.63, 3.8) is 0 Å². The summed E-state index contributed by atoms with van der Waals surface area (Å²) in [6.45, 7) is 3.77. The van der Waals surface area contributed by atoms with Crippen molar-refractivity contribution in [1.29, 1.82) is 0 Å². The topological polar surface area (TPSA) is 80.9 Å². The van der Waals surface area contributed by atoms with Crippen LogP contribution < -0.4 is 5.32 Å². The second kappa shape index (κ2) is 8.06. The summed E-state index contributed by atoms with van der Waals surface area (Å²) >= 11 is 0. The molecule has 1 N–H and O–H groups in total. The quantitative estimate of drug-likeness (QED) is 0.556. The lowest BCUT2D eigenvalue weighted by atomic mass is 9.95. The fraction of sp³-hybridized carbons (Fsp3) is 0.130. The molecular weight excluding hydrogens is 364 g/mol. The summed E-state index contributed by atoms with van der Waals surface area (Å²) in [4.78, 5) is 21.5. The summed E-state index contributed by atoms with van der Waals surface area (Å²) in [6.07, 6.45) is 6.77. The number of pyridine rings is 2. The maximum atomic E-state index is 13.3. The molecule has 1 amide bonds. The smallest absolute Gasteiger partial charge is 0.257 e. The van der Waals surface area contributed by atoms with Crippen molar-refractivity contribution in [2.45, 2.75) is 19.9 Å². The molecule has 29 heavy (non-hydrogen) atoms. The molecule has 4 aromatic rings. The van der Waals surface area contributed by atoms with Gasteiger partial charge in [-0.25, -0.2) is 0 Å². The van der Waals surface area contributed by atoms with Gasteiger partial charge in [-0.2, -0.15) is 0 Å². The summed E-state index contributed by atoms with van der Waals surface area (Å²) < 4.78 is 5.35. The molecule has 6 nitrogen and oxygen atoms in total. The highest BCUT2D eigenvalue weighted by atomic mass is 16.5. The highest BCUT2D eigenvalue weighted by Gasteiger charge is 2.25. The third-order valence-corrected chi connectivity index (χ3v) is 4.86. The van der Waals surface area contributed by atoms with E-state index in [1.54, 1.807) is 43.8 Å². The van der Waals surface area contributed by atoms with E-state index >= 15 is 0 Å². The van der Waals surface area contributed by atoms with Gasteiger partial charge in [0, 0.05) is 30.4 Å². The molecule has 0 spiro atoms. The summed E-state index contributed by atoms with van der Waals surface area (Å²) in [5.41, 5.74) is 4.75. The van der Waals surface area contributed by atoms with Crippen molar-refractivity contribution in [3.8, 4) is 11.3 Å². The zero-order valence-electron chi connectivity index (χ0n) is 16.2. The van der Waals surface area contributed by atoms with Crippen molar-refractivity contribution in [2.75, 3.05) is 0 Å². The number of nitrogens with zero attached hydrogens (tertiary/aromatic N) is 3. The van der Waals surface area contributed by atoms with Crippen molar-refractivity contribution in [2.24, 2.45) is 0 Å². The average molecular weight is 384 g/mol. The monoisotopic (exact) mass is 384 g/mol. The molecule has 6 heteroatoms. The predicted octanol–water partition coefficient (Wildman–Crippen LogP) is 4.27. The molecule has 0 saturated carbocycles. The van der Waals surface area contributed by atoms with Crippen LogP contribution in [0.3, 0.4) is 0 Å². The first-order valence-corrected chi connectivity index (χ1v) is 9.28. The van der Waals surface area contributed by atoms with E-state index in [-0.39, 0.29) is 11.9 Å². The van der Waals surface area contributed by atoms with Crippen LogP contribution in [0.25, 0.3) is 11.3 Å². The summed E-state index contributed by atoms with van der Waals surface area (Å²) in [7, 11) is 0. The minimum Gasteiger partial charge on any atom is -0.360 e. The molecule has 0 radical (unpaired) electrons. The first-order valence-electron chi connectivity index (χ1n) is 9.28. The largest absolute Gasteiger partial charge is 0.360 e. The van der Waals surface area contributed by atoms with Gasteiger partial charge >= 0.3 is 0 Å². The van der Waals surface area contributed by atoms with Gasteiger partial charge in [0.2, 0.25) is 0 Å². The van der Waals surface area contributed by atoms with E-state index in [1.165, 1.54) is 0 Å². The number of nitrogens with one attached hydrogen (secondary N) is 1. The lowest BCUT2D eigenvalue weighted by Gasteiger charge is -2.21. The minimum absolute atomic E-state index is 0.249. The molecule has 0 aliphatic carbocycles. The molecular formula is C23H20N4O2. The maximum Gasteiger partial charge on any atom is 0.257 e. The molecule has 0 aliphatic heterocycles.